The second-order valence-electron chi connectivity index (χ2n) is 31.8. The molecule has 0 saturated heterocycles. The first-order chi connectivity index (χ1) is 56.8. The van der Waals surface area contributed by atoms with E-state index in [-0.39, 0.29) is 0 Å². The summed E-state index contributed by atoms with van der Waals surface area (Å²) in [5.74, 6) is 0. The molecule has 0 bridgehead atoms. The lowest BCUT2D eigenvalue weighted by Crippen LogP contribution is -2.37. The summed E-state index contributed by atoms with van der Waals surface area (Å²) >= 11 is 0. The first-order valence-electron chi connectivity index (χ1n) is 40.2. The number of para-hydroxylation sites is 2. The van der Waals surface area contributed by atoms with Crippen LogP contribution in [-0.4, -0.2) is 16.1 Å². The summed E-state index contributed by atoms with van der Waals surface area (Å²) in [4.78, 5) is 9.42. The molecule has 18 aromatic carbocycles. The average Bonchev–Trinajstić information content (AvgIpc) is 0.781. The number of fused-ring (bicyclic) bond motifs is 2. The first-order valence-corrected chi connectivity index (χ1v) is 47.2. The lowest BCUT2D eigenvalue weighted by atomic mass is 9.99. The van der Waals surface area contributed by atoms with Crippen LogP contribution in [-0.2, 0) is 0 Å². The molecule has 0 aliphatic rings. The molecule has 560 valence electrons. The molecule has 116 heavy (non-hydrogen) atoms. The van der Waals surface area contributed by atoms with Gasteiger partial charge in [0.15, 0.2) is 0 Å². The van der Waals surface area contributed by atoms with Gasteiger partial charge in [0.1, 0.15) is 0 Å². The highest BCUT2D eigenvalue weighted by atomic mass is 28.3. The van der Waals surface area contributed by atoms with Gasteiger partial charge in [-0.25, -0.2) is 0 Å². The number of nitrogens with zero attached hydrogens (tertiary/aromatic N) is 4. The molecule has 0 saturated carbocycles. The third-order valence-electron chi connectivity index (χ3n) is 22.0. The molecule has 0 atom stereocenters. The Balaban J connectivity index is 0.000000167. The first kappa shape index (κ1) is 74.8. The van der Waals surface area contributed by atoms with Gasteiger partial charge in [0, 0.05) is 67.9 Å². The van der Waals surface area contributed by atoms with Gasteiger partial charge in [-0.2, -0.15) is 0 Å². The van der Waals surface area contributed by atoms with E-state index in [0.29, 0.717) is 0 Å². The van der Waals surface area contributed by atoms with Gasteiger partial charge in [0.2, 0.25) is 0 Å². The zero-order valence-corrected chi connectivity index (χ0v) is 68.5. The maximum absolute atomic E-state index is 2.40. The van der Waals surface area contributed by atoms with Gasteiger partial charge in [-0.05, 0) is 222 Å². The lowest BCUT2D eigenvalue weighted by molar-refractivity contribution is 1.28. The van der Waals surface area contributed by atoms with Crippen LogP contribution in [0.2, 0.25) is 39.3 Å². The molecule has 18 aromatic rings. The van der Waals surface area contributed by atoms with Crippen molar-refractivity contribution in [2.24, 2.45) is 0 Å². The highest BCUT2D eigenvalue weighted by Crippen LogP contribution is 2.44. The van der Waals surface area contributed by atoms with Gasteiger partial charge in [-0.15, -0.1) is 0 Å². The fraction of sp³-hybridized carbons (Fsp3) is 0.0545. The second kappa shape index (κ2) is 33.4. The summed E-state index contributed by atoms with van der Waals surface area (Å²) in [7, 11) is -2.87. The minimum Gasteiger partial charge on any atom is -0.310 e. The maximum atomic E-state index is 2.40. The van der Waals surface area contributed by atoms with Crippen molar-refractivity contribution in [1.29, 1.82) is 0 Å². The van der Waals surface area contributed by atoms with Crippen LogP contribution in [0.1, 0.15) is 0 Å². The highest BCUT2D eigenvalue weighted by Gasteiger charge is 2.23. The van der Waals surface area contributed by atoms with Crippen LogP contribution in [0.25, 0.3) is 88.3 Å². The summed E-state index contributed by atoms with van der Waals surface area (Å²) in [5, 5.41) is 7.83. The minimum atomic E-state index is -1.44. The van der Waals surface area contributed by atoms with E-state index < -0.39 is 16.1 Å². The number of hydrogen-bond acceptors (Lipinski definition) is 4. The second-order valence-corrected chi connectivity index (χ2v) is 42.0. The van der Waals surface area contributed by atoms with Gasteiger partial charge in [-0.1, -0.05) is 359 Å². The van der Waals surface area contributed by atoms with Crippen LogP contribution in [0.4, 0.5) is 68.2 Å². The number of rotatable bonds is 20. The monoisotopic (exact) mass is 1520 g/mol. The van der Waals surface area contributed by atoms with E-state index in [1.165, 1.54) is 98.7 Å². The van der Waals surface area contributed by atoms with Crippen molar-refractivity contribution in [3.63, 3.8) is 0 Å². The Morgan fingerprint density at radius 3 is 0.750 bits per heavy atom. The van der Waals surface area contributed by atoms with Crippen LogP contribution < -0.4 is 30.0 Å². The van der Waals surface area contributed by atoms with Crippen LogP contribution in [0.15, 0.2) is 449 Å². The van der Waals surface area contributed by atoms with Gasteiger partial charge < -0.3 is 19.6 Å². The third-order valence-corrected chi connectivity index (χ3v) is 26.2. The van der Waals surface area contributed by atoms with Crippen molar-refractivity contribution >= 4 is 116 Å². The number of anilines is 12. The maximum Gasteiger partial charge on any atom is 0.0775 e. The van der Waals surface area contributed by atoms with Crippen LogP contribution in [0, 0.1) is 0 Å². The van der Waals surface area contributed by atoms with E-state index in [9.17, 15) is 0 Å². The lowest BCUT2D eigenvalue weighted by Gasteiger charge is -2.27. The van der Waals surface area contributed by atoms with E-state index in [0.717, 1.165) is 68.2 Å². The van der Waals surface area contributed by atoms with E-state index in [1.54, 1.807) is 0 Å². The molecule has 6 heteroatoms. The molecule has 0 N–H and O–H groups in total. The fourth-order valence-corrected chi connectivity index (χ4v) is 18.0. The molecule has 0 radical (unpaired) electrons. The van der Waals surface area contributed by atoms with Gasteiger partial charge in [0.05, 0.1) is 21.8 Å². The Morgan fingerprint density at radius 1 is 0.147 bits per heavy atom. The van der Waals surface area contributed by atoms with Crippen molar-refractivity contribution in [2.45, 2.75) is 39.3 Å². The molecule has 0 aromatic heterocycles. The smallest absolute Gasteiger partial charge is 0.0775 e. The standard InChI is InChI=1S/2C55H46N2Si/c1-58(2,3)53-38-36-50(37-39-53)56(52-21-12-18-47(40-52)41-14-6-4-7-15-41)49-32-28-44(29-33-49)42-24-26-43(27-25-42)45-30-34-51(35-31-45)57(48-19-8-5-9-20-48)55-23-13-17-46-16-10-11-22-54(46)55;1-58(2,3)55-37-35-52(36-38-55)57(53-20-12-17-48(39-53)41-13-6-4-7-14-41)51-32-27-46(28-33-51)44-23-21-43(22-24-44)45-25-30-50(31-26-45)56(49-18-8-5-9-19-49)54-34-29-42-15-10-11-16-47(42)40-54/h2*4-40H,1-3H3. The molecule has 0 amide bonds. The number of benzene rings is 18. The Bertz CT molecular complexity index is 6320. The Morgan fingerprint density at radius 2 is 0.379 bits per heavy atom. The van der Waals surface area contributed by atoms with Crippen molar-refractivity contribution in [1.82, 2.24) is 0 Å². The van der Waals surface area contributed by atoms with Crippen molar-refractivity contribution in [3.8, 4) is 66.8 Å². The molecule has 4 nitrogen and oxygen atoms in total. The van der Waals surface area contributed by atoms with Gasteiger partial charge >= 0.3 is 0 Å². The SMILES string of the molecule is C[Si](C)(C)c1ccc(N(c2ccc(-c3ccc(-c4ccc(N(c5ccccc5)c5ccc6ccccc6c5)cc4)cc3)cc2)c2cccc(-c3ccccc3)c2)cc1.C[Si](C)(C)c1ccc(N(c2ccc(-c3ccc(-c4ccc(N(c5ccccc5)c5cccc6ccccc56)cc4)cc3)cc2)c2cccc(-c3ccccc3)c2)cc1. The quantitative estimate of drug-likeness (QED) is 0.0705. The Labute approximate surface area is 686 Å². The molecule has 0 spiro atoms. The average molecular weight is 1530 g/mol. The van der Waals surface area contributed by atoms with E-state index in [4.69, 9.17) is 0 Å². The van der Waals surface area contributed by atoms with E-state index in [2.05, 4.69) is 508 Å². The summed E-state index contributed by atoms with van der Waals surface area (Å²) < 4.78 is 0. The summed E-state index contributed by atoms with van der Waals surface area (Å²) in [6, 6.07) is 163. The molecule has 0 unspecified atom stereocenters. The predicted octanol–water partition coefficient (Wildman–Crippen LogP) is 30.7. The van der Waals surface area contributed by atoms with Crippen LogP contribution >= 0.6 is 0 Å². The Kier molecular flexibility index (Phi) is 21.6. The largest absolute Gasteiger partial charge is 0.310 e. The predicted molar refractivity (Wildman–Crippen MR) is 505 cm³/mol. The minimum absolute atomic E-state index is 1.12. The van der Waals surface area contributed by atoms with Crippen LogP contribution in [0.3, 0.4) is 0 Å². The topological polar surface area (TPSA) is 13.0 Å². The summed E-state index contributed by atoms with van der Waals surface area (Å²) in [6.07, 6.45) is 0. The van der Waals surface area contributed by atoms with E-state index >= 15 is 0 Å². The van der Waals surface area contributed by atoms with Crippen LogP contribution in [0.5, 0.6) is 0 Å². The van der Waals surface area contributed by atoms with E-state index in [1.807, 2.05) is 0 Å². The molecule has 0 fully saturated rings. The molecular weight excluding hydrogens is 1430 g/mol. The molecule has 0 heterocycles. The zero-order valence-electron chi connectivity index (χ0n) is 66.5. The third kappa shape index (κ3) is 16.6. The molecule has 18 rings (SSSR count). The number of hydrogen-bond donors (Lipinski definition) is 0. The van der Waals surface area contributed by atoms with Gasteiger partial charge in [-0.3, -0.25) is 0 Å². The van der Waals surface area contributed by atoms with Crippen molar-refractivity contribution < 1.29 is 0 Å². The normalized spacial score (nSPS) is 11.4. The molecule has 0 aliphatic heterocycles. The fourth-order valence-electron chi connectivity index (χ4n) is 15.7. The molecular formula is C110H92N4Si2. The highest BCUT2D eigenvalue weighted by molar-refractivity contribution is 6.89. The Hall–Kier alpha value is -13.9. The van der Waals surface area contributed by atoms with Crippen molar-refractivity contribution in [2.75, 3.05) is 19.6 Å². The summed E-state index contributed by atoms with van der Waals surface area (Å²) in [6.45, 7) is 14.4. The molecule has 0 aliphatic carbocycles. The van der Waals surface area contributed by atoms with Crippen molar-refractivity contribution in [3.05, 3.63) is 449 Å². The summed E-state index contributed by atoms with van der Waals surface area (Å²) in [5.41, 5.74) is 27.9. The zero-order chi connectivity index (χ0) is 79.0. The van der Waals surface area contributed by atoms with Gasteiger partial charge in [0.25, 0.3) is 0 Å².